The lowest BCUT2D eigenvalue weighted by Gasteiger charge is -2.61. The molecule has 3 heteroatoms. The molecule has 4 rings (SSSR count). The number of halogens is 1. The molecule has 0 saturated heterocycles. The Hall–Kier alpha value is 0.110. The molecule has 0 amide bonds. The number of alkyl halides is 1. The zero-order valence-electron chi connectivity index (χ0n) is 18.9. The molecule has 0 aromatic carbocycles. The molecule has 28 heavy (non-hydrogen) atoms. The molecule has 4 aliphatic carbocycles. The topological polar surface area (TPSA) is 26.3 Å². The molecule has 8 unspecified atom stereocenters. The van der Waals surface area contributed by atoms with Crippen LogP contribution in [0.15, 0.2) is 0 Å². The van der Waals surface area contributed by atoms with E-state index in [2.05, 4.69) is 29.8 Å². The van der Waals surface area contributed by atoms with Crippen LogP contribution in [0.5, 0.6) is 0 Å². The molecule has 2 nitrogen and oxygen atoms in total. The van der Waals surface area contributed by atoms with Crippen molar-refractivity contribution in [3.05, 3.63) is 0 Å². The van der Waals surface area contributed by atoms with Crippen LogP contribution in [0.3, 0.4) is 0 Å². The second-order valence-electron chi connectivity index (χ2n) is 10.5. The molecule has 162 valence electrons. The molecule has 0 spiro atoms. The first kappa shape index (κ1) is 22.8. The third-order valence-electron chi connectivity index (χ3n) is 9.56. The Kier molecular flexibility index (Phi) is 7.39. The largest absolute Gasteiger partial charge is 0.384 e. The minimum absolute atomic E-state index is 0.259. The SMILES string of the molecule is CC.COCC12CCC(C)CC1CCC1C3CCC(C(=O)CBr)C3(C)CCC12. The number of methoxy groups -OCH3 is 1. The second kappa shape index (κ2) is 9.08. The van der Waals surface area contributed by atoms with Gasteiger partial charge in [-0.3, -0.25) is 4.79 Å². The van der Waals surface area contributed by atoms with Crippen molar-refractivity contribution in [3.8, 4) is 0 Å². The van der Waals surface area contributed by atoms with Gasteiger partial charge in [0.15, 0.2) is 0 Å². The van der Waals surface area contributed by atoms with Crippen molar-refractivity contribution in [1.82, 2.24) is 0 Å². The lowest BCUT2D eigenvalue weighted by Crippen LogP contribution is -2.56. The number of rotatable bonds is 4. The molecule has 4 saturated carbocycles. The fourth-order valence-corrected chi connectivity index (χ4v) is 8.83. The Bertz CT molecular complexity index is 549. The molecule has 0 N–H and O–H groups in total. The Morgan fingerprint density at radius 3 is 2.46 bits per heavy atom. The standard InChI is InChI=1S/C23H37BrO2.C2H6/c1-15-8-11-23(14-26-3)16(12-15)4-5-17-18-6-7-20(21(25)13-24)22(18,2)10-9-19(17)23;1-2/h15-20H,4-14H2,1-3H3;1-2H3. The van der Waals surface area contributed by atoms with Gasteiger partial charge in [0.05, 0.1) is 11.9 Å². The number of Topliss-reactive ketones (excluding diaryl/α,β-unsaturated/α-hetero) is 1. The van der Waals surface area contributed by atoms with Gasteiger partial charge in [-0.2, -0.15) is 0 Å². The molecule has 0 aromatic heterocycles. The maximum absolute atomic E-state index is 12.6. The average molecular weight is 456 g/mol. The van der Waals surface area contributed by atoms with Crippen molar-refractivity contribution >= 4 is 21.7 Å². The van der Waals surface area contributed by atoms with Crippen molar-refractivity contribution in [2.45, 2.75) is 85.5 Å². The van der Waals surface area contributed by atoms with Gasteiger partial charge in [0, 0.05) is 13.0 Å². The van der Waals surface area contributed by atoms with Crippen molar-refractivity contribution in [1.29, 1.82) is 0 Å². The Morgan fingerprint density at radius 2 is 1.79 bits per heavy atom. The molecule has 8 atom stereocenters. The molecule has 4 fully saturated rings. The van der Waals surface area contributed by atoms with Gasteiger partial charge in [-0.25, -0.2) is 0 Å². The van der Waals surface area contributed by atoms with Gasteiger partial charge in [-0.1, -0.05) is 50.0 Å². The van der Waals surface area contributed by atoms with E-state index in [1.54, 1.807) is 0 Å². The number of ketones is 1. The quantitative estimate of drug-likeness (QED) is 0.431. The third-order valence-corrected chi connectivity index (χ3v) is 10.1. The van der Waals surface area contributed by atoms with Crippen LogP contribution in [0.1, 0.15) is 85.5 Å². The summed E-state index contributed by atoms with van der Waals surface area (Å²) in [5.41, 5.74) is 0.693. The van der Waals surface area contributed by atoms with Crippen LogP contribution >= 0.6 is 15.9 Å². The summed E-state index contributed by atoms with van der Waals surface area (Å²) in [7, 11) is 1.92. The van der Waals surface area contributed by atoms with Gasteiger partial charge in [-0.15, -0.1) is 0 Å². The Morgan fingerprint density at radius 1 is 1.04 bits per heavy atom. The van der Waals surface area contributed by atoms with Crippen LogP contribution in [0.25, 0.3) is 0 Å². The lowest BCUT2D eigenvalue weighted by atomic mass is 9.44. The summed E-state index contributed by atoms with van der Waals surface area (Å²) in [4.78, 5) is 12.6. The molecule has 4 aliphatic rings. The number of ether oxygens (including phenoxy) is 1. The lowest BCUT2D eigenvalue weighted by molar-refractivity contribution is -0.153. The van der Waals surface area contributed by atoms with Gasteiger partial charge in [0.25, 0.3) is 0 Å². The minimum Gasteiger partial charge on any atom is -0.384 e. The van der Waals surface area contributed by atoms with Crippen molar-refractivity contribution in [2.75, 3.05) is 19.0 Å². The van der Waals surface area contributed by atoms with Crippen molar-refractivity contribution in [2.24, 2.45) is 46.3 Å². The van der Waals surface area contributed by atoms with Gasteiger partial charge in [-0.05, 0) is 91.8 Å². The fourth-order valence-electron chi connectivity index (χ4n) is 8.44. The predicted octanol–water partition coefficient (Wildman–Crippen LogP) is 6.90. The Balaban J connectivity index is 0.00000109. The van der Waals surface area contributed by atoms with Gasteiger partial charge in [0.2, 0.25) is 0 Å². The van der Waals surface area contributed by atoms with E-state index in [-0.39, 0.29) is 5.41 Å². The van der Waals surface area contributed by atoms with Crippen LogP contribution in [-0.4, -0.2) is 24.8 Å². The molecule has 0 bridgehead atoms. The van der Waals surface area contributed by atoms with E-state index >= 15 is 0 Å². The van der Waals surface area contributed by atoms with E-state index in [0.717, 1.165) is 42.6 Å². The first-order chi connectivity index (χ1) is 13.5. The molecule has 0 radical (unpaired) electrons. The van der Waals surface area contributed by atoms with Crippen molar-refractivity contribution < 1.29 is 9.53 Å². The summed E-state index contributed by atoms with van der Waals surface area (Å²) < 4.78 is 5.88. The first-order valence-corrected chi connectivity index (χ1v) is 13.2. The monoisotopic (exact) mass is 454 g/mol. The summed E-state index contributed by atoms with van der Waals surface area (Å²) in [6.07, 6.45) is 12.0. The smallest absolute Gasteiger partial charge is 0.147 e. The number of hydrogen-bond donors (Lipinski definition) is 0. The number of carbonyl (C=O) groups is 1. The van der Waals surface area contributed by atoms with Crippen LogP contribution < -0.4 is 0 Å². The Labute approximate surface area is 182 Å². The van der Waals surface area contributed by atoms with Crippen LogP contribution in [-0.2, 0) is 9.53 Å². The normalized spacial score (nSPS) is 47.2. The third kappa shape index (κ3) is 3.55. The maximum atomic E-state index is 12.6. The molecule has 0 aromatic rings. The summed E-state index contributed by atoms with van der Waals surface area (Å²) >= 11 is 3.45. The average Bonchev–Trinajstić information content (AvgIpc) is 3.06. The summed E-state index contributed by atoms with van der Waals surface area (Å²) in [5.74, 6) is 4.96. The highest BCUT2D eigenvalue weighted by Crippen LogP contribution is 2.68. The van der Waals surface area contributed by atoms with Crippen LogP contribution in [0.4, 0.5) is 0 Å². The van der Waals surface area contributed by atoms with E-state index in [1.807, 2.05) is 21.0 Å². The minimum atomic E-state index is 0.259. The zero-order valence-corrected chi connectivity index (χ0v) is 20.5. The van der Waals surface area contributed by atoms with E-state index < -0.39 is 0 Å². The van der Waals surface area contributed by atoms with Crippen LogP contribution in [0.2, 0.25) is 0 Å². The van der Waals surface area contributed by atoms with E-state index in [4.69, 9.17) is 4.74 Å². The number of carbonyl (C=O) groups excluding carboxylic acids is 1. The van der Waals surface area contributed by atoms with Gasteiger partial charge >= 0.3 is 0 Å². The summed E-state index contributed by atoms with van der Waals surface area (Å²) in [5, 5.41) is 0.543. The van der Waals surface area contributed by atoms with E-state index in [1.165, 1.54) is 51.4 Å². The molecular weight excluding hydrogens is 412 g/mol. The number of fused-ring (bicyclic) bond motifs is 5. The second-order valence-corrected chi connectivity index (χ2v) is 11.0. The van der Waals surface area contributed by atoms with Gasteiger partial charge in [0.1, 0.15) is 5.78 Å². The van der Waals surface area contributed by atoms with E-state index in [0.29, 0.717) is 22.4 Å². The highest BCUT2D eigenvalue weighted by molar-refractivity contribution is 9.09. The highest BCUT2D eigenvalue weighted by atomic mass is 79.9. The van der Waals surface area contributed by atoms with Crippen LogP contribution in [0, 0.1) is 46.3 Å². The fraction of sp³-hybridized carbons (Fsp3) is 0.960. The highest BCUT2D eigenvalue weighted by Gasteiger charge is 2.62. The van der Waals surface area contributed by atoms with E-state index in [9.17, 15) is 4.79 Å². The summed E-state index contributed by atoms with van der Waals surface area (Å²) in [6, 6.07) is 0. The molecule has 0 aliphatic heterocycles. The molecule has 0 heterocycles. The van der Waals surface area contributed by atoms with Crippen molar-refractivity contribution in [3.63, 3.8) is 0 Å². The predicted molar refractivity (Wildman–Crippen MR) is 121 cm³/mol. The number of hydrogen-bond acceptors (Lipinski definition) is 2. The first-order valence-electron chi connectivity index (χ1n) is 12.0. The zero-order chi connectivity index (χ0) is 20.5. The van der Waals surface area contributed by atoms with Gasteiger partial charge < -0.3 is 4.74 Å². The maximum Gasteiger partial charge on any atom is 0.147 e. The molecular formula is C25H43BrO2. The summed E-state index contributed by atoms with van der Waals surface area (Å²) in [6.45, 7) is 9.89.